The van der Waals surface area contributed by atoms with Crippen molar-refractivity contribution in [2.24, 2.45) is 5.73 Å². The molecule has 4 nitrogen and oxygen atoms in total. The molecule has 0 aliphatic heterocycles. The van der Waals surface area contributed by atoms with Crippen LogP contribution in [-0.4, -0.2) is 25.7 Å². The number of ether oxygens (including phenoxy) is 2. The van der Waals surface area contributed by atoms with Crippen molar-refractivity contribution in [1.29, 1.82) is 0 Å². The number of methoxy groups -OCH3 is 1. The Morgan fingerprint density at radius 2 is 2.20 bits per heavy atom. The van der Waals surface area contributed by atoms with Crippen molar-refractivity contribution in [2.45, 2.75) is 45.1 Å². The molecule has 0 amide bonds. The molecule has 2 N–H and O–H groups in total. The van der Waals surface area contributed by atoms with Crippen molar-refractivity contribution in [3.8, 4) is 5.75 Å². The van der Waals surface area contributed by atoms with E-state index in [-0.39, 0.29) is 12.0 Å². The van der Waals surface area contributed by atoms with Crippen LogP contribution in [0.3, 0.4) is 0 Å². The normalized spacial score (nSPS) is 16.9. The Balaban J connectivity index is 2.02. The van der Waals surface area contributed by atoms with Gasteiger partial charge < -0.3 is 15.2 Å². The minimum Gasteiger partial charge on any atom is -0.496 e. The fraction of sp³-hybridized carbons (Fsp3) is 0.562. The third-order valence-corrected chi connectivity index (χ3v) is 3.72. The van der Waals surface area contributed by atoms with Gasteiger partial charge in [-0.2, -0.15) is 0 Å². The zero-order valence-electron chi connectivity index (χ0n) is 12.3. The first-order chi connectivity index (χ1) is 9.65. The Morgan fingerprint density at radius 3 is 2.90 bits per heavy atom. The van der Waals surface area contributed by atoms with E-state index in [0.29, 0.717) is 13.0 Å². The fourth-order valence-electron chi connectivity index (χ4n) is 2.86. The second-order valence-corrected chi connectivity index (χ2v) is 5.22. The van der Waals surface area contributed by atoms with E-state index in [0.717, 1.165) is 37.0 Å². The van der Waals surface area contributed by atoms with Gasteiger partial charge in [0, 0.05) is 12.5 Å². The molecule has 1 aliphatic rings. The molecule has 0 saturated heterocycles. The van der Waals surface area contributed by atoms with Gasteiger partial charge in [0.15, 0.2) is 0 Å². The van der Waals surface area contributed by atoms with Crippen LogP contribution in [0.1, 0.15) is 36.5 Å². The molecule has 20 heavy (non-hydrogen) atoms. The van der Waals surface area contributed by atoms with E-state index >= 15 is 0 Å². The molecule has 1 aromatic carbocycles. The minimum atomic E-state index is -0.130. The first-order valence-electron chi connectivity index (χ1n) is 7.24. The Kier molecular flexibility index (Phi) is 5.01. The molecule has 0 spiro atoms. The van der Waals surface area contributed by atoms with Crippen LogP contribution in [0.25, 0.3) is 0 Å². The van der Waals surface area contributed by atoms with Gasteiger partial charge in [-0.3, -0.25) is 4.79 Å². The summed E-state index contributed by atoms with van der Waals surface area (Å²) in [6.07, 6.45) is 3.86. The van der Waals surface area contributed by atoms with E-state index in [4.69, 9.17) is 15.2 Å². The average Bonchev–Trinajstić information content (AvgIpc) is 2.79. The van der Waals surface area contributed by atoms with Gasteiger partial charge in [0.2, 0.25) is 0 Å². The van der Waals surface area contributed by atoms with Gasteiger partial charge in [-0.05, 0) is 49.3 Å². The number of benzene rings is 1. The fourth-order valence-corrected chi connectivity index (χ4v) is 2.86. The van der Waals surface area contributed by atoms with Gasteiger partial charge in [0.25, 0.3) is 0 Å². The highest BCUT2D eigenvalue weighted by Crippen LogP contribution is 2.34. The van der Waals surface area contributed by atoms with E-state index in [1.54, 1.807) is 7.11 Å². The maximum Gasteiger partial charge on any atom is 0.305 e. The van der Waals surface area contributed by atoms with Crippen LogP contribution in [0.2, 0.25) is 0 Å². The lowest BCUT2D eigenvalue weighted by molar-refractivity contribution is -0.143. The molecule has 1 atom stereocenters. The zero-order valence-corrected chi connectivity index (χ0v) is 12.3. The van der Waals surface area contributed by atoms with E-state index in [9.17, 15) is 4.79 Å². The summed E-state index contributed by atoms with van der Waals surface area (Å²) in [7, 11) is 1.70. The van der Waals surface area contributed by atoms with Crippen LogP contribution in [0, 0.1) is 0 Å². The Morgan fingerprint density at radius 1 is 1.40 bits per heavy atom. The van der Waals surface area contributed by atoms with Crippen LogP contribution < -0.4 is 10.5 Å². The number of fused-ring (bicyclic) bond motifs is 1. The highest BCUT2D eigenvalue weighted by Gasteiger charge is 2.23. The number of esters is 1. The molecule has 0 heterocycles. The second kappa shape index (κ2) is 6.75. The first-order valence-corrected chi connectivity index (χ1v) is 7.24. The Bertz CT molecular complexity index is 485. The first kappa shape index (κ1) is 14.9. The van der Waals surface area contributed by atoms with E-state index in [2.05, 4.69) is 12.1 Å². The van der Waals surface area contributed by atoms with Gasteiger partial charge in [-0.1, -0.05) is 12.1 Å². The molecule has 0 fully saturated rings. The molecule has 0 bridgehead atoms. The molecule has 4 heteroatoms. The Labute approximate surface area is 120 Å². The topological polar surface area (TPSA) is 61.5 Å². The van der Waals surface area contributed by atoms with Crippen LogP contribution >= 0.6 is 0 Å². The van der Waals surface area contributed by atoms with Gasteiger partial charge in [0.05, 0.1) is 13.7 Å². The van der Waals surface area contributed by atoms with E-state index in [1.807, 2.05) is 6.92 Å². The highest BCUT2D eigenvalue weighted by atomic mass is 16.5. The predicted molar refractivity (Wildman–Crippen MR) is 77.9 cm³/mol. The zero-order chi connectivity index (χ0) is 14.5. The summed E-state index contributed by atoms with van der Waals surface area (Å²) >= 11 is 0. The van der Waals surface area contributed by atoms with Gasteiger partial charge in [-0.15, -0.1) is 0 Å². The standard InChI is InChI=1S/C16H23NO3/c1-3-20-15(18)6-4-5-11-7-8-12-9-13(17)10-14(12)16(11)19-2/h7-8,13H,3-6,9-10,17H2,1-2H3. The van der Waals surface area contributed by atoms with Crippen molar-refractivity contribution >= 4 is 5.97 Å². The number of hydrogen-bond donors (Lipinski definition) is 1. The molecule has 110 valence electrons. The number of rotatable bonds is 6. The molecular weight excluding hydrogens is 254 g/mol. The molecule has 1 aromatic rings. The number of aryl methyl sites for hydroxylation is 1. The van der Waals surface area contributed by atoms with Crippen molar-refractivity contribution in [3.63, 3.8) is 0 Å². The van der Waals surface area contributed by atoms with Gasteiger partial charge >= 0.3 is 5.97 Å². The summed E-state index contributed by atoms with van der Waals surface area (Å²) in [5, 5.41) is 0. The largest absolute Gasteiger partial charge is 0.496 e. The number of nitrogens with two attached hydrogens (primary N) is 1. The third kappa shape index (κ3) is 3.31. The van der Waals surface area contributed by atoms with Crippen molar-refractivity contribution in [2.75, 3.05) is 13.7 Å². The lowest BCUT2D eigenvalue weighted by Crippen LogP contribution is -2.19. The molecule has 0 radical (unpaired) electrons. The minimum absolute atomic E-state index is 0.130. The van der Waals surface area contributed by atoms with Crippen LogP contribution in [0.5, 0.6) is 5.75 Å². The summed E-state index contributed by atoms with van der Waals surface area (Å²) < 4.78 is 10.5. The van der Waals surface area contributed by atoms with Crippen LogP contribution in [0.4, 0.5) is 0 Å². The molecule has 0 aromatic heterocycles. The quantitative estimate of drug-likeness (QED) is 0.808. The van der Waals surface area contributed by atoms with Crippen LogP contribution in [-0.2, 0) is 28.8 Å². The highest BCUT2D eigenvalue weighted by molar-refractivity contribution is 5.69. The molecule has 2 rings (SSSR count). The number of hydrogen-bond acceptors (Lipinski definition) is 4. The molecular formula is C16H23NO3. The molecule has 1 aliphatic carbocycles. The maximum absolute atomic E-state index is 11.3. The summed E-state index contributed by atoms with van der Waals surface area (Å²) in [4.78, 5) is 11.3. The summed E-state index contributed by atoms with van der Waals surface area (Å²) in [5.41, 5.74) is 9.71. The average molecular weight is 277 g/mol. The monoisotopic (exact) mass is 277 g/mol. The van der Waals surface area contributed by atoms with Crippen molar-refractivity contribution in [1.82, 2.24) is 0 Å². The second-order valence-electron chi connectivity index (χ2n) is 5.22. The smallest absolute Gasteiger partial charge is 0.305 e. The summed E-state index contributed by atoms with van der Waals surface area (Å²) in [6, 6.07) is 4.44. The Hall–Kier alpha value is -1.55. The summed E-state index contributed by atoms with van der Waals surface area (Å²) in [6.45, 7) is 2.27. The van der Waals surface area contributed by atoms with E-state index in [1.165, 1.54) is 11.1 Å². The van der Waals surface area contributed by atoms with Crippen molar-refractivity contribution < 1.29 is 14.3 Å². The lowest BCUT2D eigenvalue weighted by atomic mass is 10.0. The maximum atomic E-state index is 11.3. The predicted octanol–water partition coefficient (Wildman–Crippen LogP) is 2.01. The van der Waals surface area contributed by atoms with E-state index < -0.39 is 0 Å². The van der Waals surface area contributed by atoms with Gasteiger partial charge in [-0.25, -0.2) is 0 Å². The number of carbonyl (C=O) groups excluding carboxylic acids is 1. The number of carbonyl (C=O) groups is 1. The van der Waals surface area contributed by atoms with Crippen molar-refractivity contribution in [3.05, 3.63) is 28.8 Å². The molecule has 1 unspecified atom stereocenters. The summed E-state index contributed by atoms with van der Waals surface area (Å²) in [5.74, 6) is 0.828. The SMILES string of the molecule is CCOC(=O)CCCc1ccc2c(c1OC)CC(N)C2. The third-order valence-electron chi connectivity index (χ3n) is 3.72. The molecule has 0 saturated carbocycles. The van der Waals surface area contributed by atoms with Gasteiger partial charge in [0.1, 0.15) is 5.75 Å². The lowest BCUT2D eigenvalue weighted by Gasteiger charge is -2.13. The van der Waals surface area contributed by atoms with Crippen LogP contribution in [0.15, 0.2) is 12.1 Å².